The van der Waals surface area contributed by atoms with Crippen LogP contribution in [0.5, 0.6) is 0 Å². The molecule has 2 aromatic heterocycles. The van der Waals surface area contributed by atoms with Gasteiger partial charge in [0.15, 0.2) is 15.0 Å². The van der Waals surface area contributed by atoms with Crippen molar-refractivity contribution in [2.24, 2.45) is 0 Å². The maximum Gasteiger partial charge on any atom is 0.280 e. The Hall–Kier alpha value is -0.990. The van der Waals surface area contributed by atoms with Gasteiger partial charge in [0, 0.05) is 0 Å². The van der Waals surface area contributed by atoms with Gasteiger partial charge in [-0.3, -0.25) is 4.79 Å². The number of hydrogen-bond acceptors (Lipinski definition) is 3. The van der Waals surface area contributed by atoms with Gasteiger partial charge < -0.3 is 4.98 Å². The van der Waals surface area contributed by atoms with Crippen LogP contribution in [-0.4, -0.2) is 19.8 Å². The predicted octanol–water partition coefficient (Wildman–Crippen LogP) is 0.161. The molecule has 0 fully saturated rings. The first-order valence-corrected chi connectivity index (χ1v) is 4.05. The number of hydrogen-bond donors (Lipinski definition) is 1. The molecule has 0 atom stereocenters. The van der Waals surface area contributed by atoms with Crippen LogP contribution in [0.1, 0.15) is 0 Å². The molecule has 0 amide bonds. The Morgan fingerprint density at radius 1 is 1.67 bits per heavy atom. The van der Waals surface area contributed by atoms with E-state index in [0.717, 1.165) is 11.0 Å². The summed E-state index contributed by atoms with van der Waals surface area (Å²) in [4.78, 5) is 13.3. The second kappa shape index (κ2) is 2.51. The van der Waals surface area contributed by atoms with Crippen LogP contribution in [0.15, 0.2) is 11.1 Å². The number of aromatic amines is 1. The fourth-order valence-electron chi connectivity index (χ4n) is 0.847. The average molecular weight is 280 g/mol. The Balaban J connectivity index is 3.07. The molecule has 62 valence electrons. The van der Waals surface area contributed by atoms with Gasteiger partial charge >= 0.3 is 0 Å². The monoisotopic (exact) mass is 280 g/mol. The first kappa shape index (κ1) is 7.65. The van der Waals surface area contributed by atoms with Crippen LogP contribution in [-0.2, 0) is 0 Å². The van der Waals surface area contributed by atoms with Gasteiger partial charge in [0.2, 0.25) is 0 Å². The Morgan fingerprint density at radius 3 is 3.08 bits per heavy atom. The molecule has 2 rings (SSSR count). The van der Waals surface area contributed by atoms with Crippen LogP contribution in [0.3, 0.4) is 0 Å². The SMILES string of the molecule is O=c1[nH]cnn2nc(I)c(F)c12. The zero-order valence-corrected chi connectivity index (χ0v) is 7.74. The van der Waals surface area contributed by atoms with E-state index in [4.69, 9.17) is 0 Å². The van der Waals surface area contributed by atoms with Gasteiger partial charge in [0.05, 0.1) is 0 Å². The number of H-pyrrole nitrogens is 1. The molecule has 0 aliphatic heterocycles. The molecule has 12 heavy (non-hydrogen) atoms. The molecule has 7 heteroatoms. The molecule has 0 spiro atoms. The Morgan fingerprint density at radius 2 is 2.42 bits per heavy atom. The van der Waals surface area contributed by atoms with Crippen LogP contribution in [0, 0.1) is 9.52 Å². The quantitative estimate of drug-likeness (QED) is 0.699. The number of fused-ring (bicyclic) bond motifs is 1. The summed E-state index contributed by atoms with van der Waals surface area (Å²) in [6.45, 7) is 0. The van der Waals surface area contributed by atoms with Crippen molar-refractivity contribution in [2.75, 3.05) is 0 Å². The van der Waals surface area contributed by atoms with E-state index in [1.54, 1.807) is 22.6 Å². The van der Waals surface area contributed by atoms with E-state index >= 15 is 0 Å². The molecule has 0 aliphatic carbocycles. The summed E-state index contributed by atoms with van der Waals surface area (Å²) in [6, 6.07) is 0. The Kier molecular flexibility index (Phi) is 1.60. The van der Waals surface area contributed by atoms with Gasteiger partial charge in [-0.1, -0.05) is 0 Å². The second-order valence-electron chi connectivity index (χ2n) is 2.06. The molecule has 0 aromatic carbocycles. The lowest BCUT2D eigenvalue weighted by atomic mass is 10.5. The van der Waals surface area contributed by atoms with Crippen molar-refractivity contribution in [3.63, 3.8) is 0 Å². The minimum absolute atomic E-state index is 0.136. The first-order valence-electron chi connectivity index (χ1n) is 2.98. The third-order valence-electron chi connectivity index (χ3n) is 1.35. The molecule has 0 unspecified atom stereocenters. The van der Waals surface area contributed by atoms with E-state index in [0.29, 0.717) is 0 Å². The minimum atomic E-state index is -0.634. The number of rotatable bonds is 0. The highest BCUT2D eigenvalue weighted by atomic mass is 127. The van der Waals surface area contributed by atoms with Crippen molar-refractivity contribution in [2.45, 2.75) is 0 Å². The second-order valence-corrected chi connectivity index (χ2v) is 3.08. The van der Waals surface area contributed by atoms with E-state index in [-0.39, 0.29) is 9.22 Å². The zero-order chi connectivity index (χ0) is 8.72. The minimum Gasteiger partial charge on any atom is -0.310 e. The Bertz CT molecular complexity index is 490. The maximum absolute atomic E-state index is 13.1. The predicted molar refractivity (Wildman–Crippen MR) is 46.3 cm³/mol. The highest BCUT2D eigenvalue weighted by molar-refractivity contribution is 14.1. The molecular weight excluding hydrogens is 278 g/mol. The topological polar surface area (TPSA) is 63.0 Å². The molecule has 1 N–H and O–H groups in total. The van der Waals surface area contributed by atoms with Gasteiger partial charge in [-0.2, -0.15) is 0 Å². The number of nitrogens with one attached hydrogen (secondary N) is 1. The summed E-state index contributed by atoms with van der Waals surface area (Å²) in [5.74, 6) is -0.634. The zero-order valence-electron chi connectivity index (χ0n) is 5.58. The van der Waals surface area contributed by atoms with Crippen molar-refractivity contribution in [3.05, 3.63) is 26.2 Å². The summed E-state index contributed by atoms with van der Waals surface area (Å²) in [5.41, 5.74) is -0.681. The summed E-state index contributed by atoms with van der Waals surface area (Å²) >= 11 is 1.69. The summed E-state index contributed by atoms with van der Waals surface area (Å²) in [6.07, 6.45) is 1.16. The highest BCUT2D eigenvalue weighted by Crippen LogP contribution is 2.10. The molecule has 0 aliphatic rings. The molecular formula is C5H2FIN4O. The lowest BCUT2D eigenvalue weighted by Crippen LogP contribution is -2.11. The van der Waals surface area contributed by atoms with Crippen LogP contribution < -0.4 is 5.56 Å². The van der Waals surface area contributed by atoms with E-state index in [1.165, 1.54) is 0 Å². The van der Waals surface area contributed by atoms with Gasteiger partial charge in [0.1, 0.15) is 6.33 Å². The lowest BCUT2D eigenvalue weighted by Gasteiger charge is -1.86. The van der Waals surface area contributed by atoms with E-state index in [1.807, 2.05) is 0 Å². The molecule has 0 radical (unpaired) electrons. The van der Waals surface area contributed by atoms with E-state index in [2.05, 4.69) is 15.2 Å². The standard InChI is InChI=1S/C5H2FIN4O/c6-2-3-5(12)8-1-9-11(3)10-4(2)7/h1H,(H,8,9,12). The van der Waals surface area contributed by atoms with Crippen molar-refractivity contribution < 1.29 is 4.39 Å². The lowest BCUT2D eigenvalue weighted by molar-refractivity contribution is 0.629. The van der Waals surface area contributed by atoms with E-state index < -0.39 is 11.4 Å². The fraction of sp³-hybridized carbons (Fsp3) is 0. The van der Waals surface area contributed by atoms with Crippen molar-refractivity contribution >= 4 is 28.1 Å². The van der Waals surface area contributed by atoms with Crippen molar-refractivity contribution in [1.82, 2.24) is 19.8 Å². The third-order valence-corrected chi connectivity index (χ3v) is 2.04. The molecule has 2 aromatic rings. The molecule has 0 saturated heterocycles. The van der Waals surface area contributed by atoms with Gasteiger partial charge in [0.25, 0.3) is 5.56 Å². The summed E-state index contributed by atoms with van der Waals surface area (Å²) < 4.78 is 14.2. The van der Waals surface area contributed by atoms with Crippen molar-refractivity contribution in [1.29, 1.82) is 0 Å². The molecule has 5 nitrogen and oxygen atoms in total. The van der Waals surface area contributed by atoms with Crippen LogP contribution in [0.2, 0.25) is 0 Å². The number of nitrogens with zero attached hydrogens (tertiary/aromatic N) is 3. The van der Waals surface area contributed by atoms with Crippen molar-refractivity contribution in [3.8, 4) is 0 Å². The summed E-state index contributed by atoms with van der Waals surface area (Å²) in [7, 11) is 0. The first-order chi connectivity index (χ1) is 5.70. The fourth-order valence-corrected chi connectivity index (χ4v) is 1.31. The smallest absolute Gasteiger partial charge is 0.280 e. The molecule has 0 saturated carbocycles. The van der Waals surface area contributed by atoms with Crippen LogP contribution in [0.4, 0.5) is 4.39 Å². The molecule has 0 bridgehead atoms. The Labute approximate surface area is 78.7 Å². The highest BCUT2D eigenvalue weighted by Gasteiger charge is 2.13. The third kappa shape index (κ3) is 0.924. The number of halogens is 2. The molecule has 2 heterocycles. The average Bonchev–Trinajstić information content (AvgIpc) is 2.29. The van der Waals surface area contributed by atoms with Gasteiger partial charge in [-0.25, -0.2) is 4.39 Å². The van der Waals surface area contributed by atoms with Gasteiger partial charge in [-0.05, 0) is 22.6 Å². The summed E-state index contributed by atoms with van der Waals surface area (Å²) in [5, 5.41) is 7.30. The maximum atomic E-state index is 13.1. The van der Waals surface area contributed by atoms with Gasteiger partial charge in [-0.15, -0.1) is 14.8 Å². The number of aromatic nitrogens is 4. The van der Waals surface area contributed by atoms with E-state index in [9.17, 15) is 9.18 Å². The van der Waals surface area contributed by atoms with Crippen LogP contribution >= 0.6 is 22.6 Å². The van der Waals surface area contributed by atoms with Crippen LogP contribution in [0.25, 0.3) is 5.52 Å². The normalized spacial score (nSPS) is 10.8. The largest absolute Gasteiger partial charge is 0.310 e.